The summed E-state index contributed by atoms with van der Waals surface area (Å²) in [5, 5.41) is 3.05. The Balaban J connectivity index is 2.94. The van der Waals surface area contributed by atoms with Crippen LogP contribution in [0.25, 0.3) is 0 Å². The van der Waals surface area contributed by atoms with Gasteiger partial charge in [0.2, 0.25) is 0 Å². The molecule has 30 heavy (non-hydrogen) atoms. The quantitative estimate of drug-likeness (QED) is 0.459. The molecule has 0 unspecified atom stereocenters. The van der Waals surface area contributed by atoms with Gasteiger partial charge in [-0.25, -0.2) is 0 Å². The zero-order valence-corrected chi connectivity index (χ0v) is 24.9. The molecule has 0 fully saturated rings. The Morgan fingerprint density at radius 3 is 1.00 bits per heavy atom. The second kappa shape index (κ2) is 8.80. The van der Waals surface area contributed by atoms with Gasteiger partial charge in [0.25, 0.3) is 0 Å². The summed E-state index contributed by atoms with van der Waals surface area (Å²) in [6.07, 6.45) is 0. The Bertz CT molecular complexity index is 742. The number of hydrogen-bond donors (Lipinski definition) is 0. The minimum atomic E-state index is -1.57. The van der Waals surface area contributed by atoms with Crippen molar-refractivity contribution in [2.24, 2.45) is 0 Å². The highest BCUT2D eigenvalue weighted by Crippen LogP contribution is 2.55. The Hall–Kier alpha value is -1.09. The fourth-order valence-electron chi connectivity index (χ4n) is 6.62. The second-order valence-electron chi connectivity index (χ2n) is 11.3. The third kappa shape index (κ3) is 4.42. The van der Waals surface area contributed by atoms with Gasteiger partial charge < -0.3 is 9.47 Å². The van der Waals surface area contributed by atoms with E-state index < -0.39 is 33.0 Å². The highest BCUT2D eigenvalue weighted by atomic mass is 28.5. The maximum absolute atomic E-state index is 5.49. The molecule has 2 rings (SSSR count). The van der Waals surface area contributed by atoms with Crippen LogP contribution in [0.15, 0.2) is 48.5 Å². The van der Waals surface area contributed by atoms with Gasteiger partial charge in [0, 0.05) is 24.2 Å². The van der Waals surface area contributed by atoms with Crippen molar-refractivity contribution in [3.63, 3.8) is 0 Å². The van der Waals surface area contributed by atoms with Gasteiger partial charge in [0.1, 0.15) is 20.3 Å². The first kappa shape index (κ1) is 25.2. The lowest BCUT2D eigenvalue weighted by molar-refractivity contribution is 0.415. The van der Waals surface area contributed by atoms with Gasteiger partial charge in [0.15, 0.2) is 0 Å². The number of rotatable bonds is 8. The summed E-state index contributed by atoms with van der Waals surface area (Å²) in [7, 11) is -2.26. The predicted molar refractivity (Wildman–Crippen MR) is 144 cm³/mol. The molecule has 0 saturated carbocycles. The third-order valence-corrected chi connectivity index (χ3v) is 38.3. The zero-order chi connectivity index (χ0) is 23.0. The fraction of sp³-hybridized carbons (Fsp3) is 0.500. The van der Waals surface area contributed by atoms with E-state index in [1.807, 2.05) is 0 Å². The first-order valence-corrected chi connectivity index (χ1v) is 22.9. The lowest BCUT2D eigenvalue weighted by Crippen LogP contribution is -2.77. The maximum atomic E-state index is 5.49. The molecule has 2 nitrogen and oxygen atoms in total. The summed E-state index contributed by atoms with van der Waals surface area (Å²) >= 11 is 0. The Morgan fingerprint density at radius 1 is 0.533 bits per heavy atom. The molecular weight excluding hydrogens is 433 g/mol. The van der Waals surface area contributed by atoms with E-state index >= 15 is 0 Å². The Morgan fingerprint density at radius 2 is 0.800 bits per heavy atom. The second-order valence-corrected chi connectivity index (χ2v) is 32.7. The zero-order valence-electron chi connectivity index (χ0n) is 20.9. The molecule has 0 aliphatic heterocycles. The largest absolute Gasteiger partial charge is 0.497 e. The van der Waals surface area contributed by atoms with Crippen LogP contribution >= 0.6 is 0 Å². The third-order valence-electron chi connectivity index (χ3n) is 6.51. The van der Waals surface area contributed by atoms with Crippen LogP contribution < -0.4 is 19.8 Å². The molecule has 0 atom stereocenters. The molecule has 0 spiro atoms. The highest BCUT2D eigenvalue weighted by molar-refractivity contribution is 7.30. The number of benzene rings is 2. The van der Waals surface area contributed by atoms with E-state index in [-0.39, 0.29) is 0 Å². The molecule has 2 aromatic rings. The highest BCUT2D eigenvalue weighted by Gasteiger charge is 2.64. The van der Waals surface area contributed by atoms with Gasteiger partial charge in [-0.15, -0.1) is 0 Å². The summed E-state index contributed by atoms with van der Waals surface area (Å²) in [4.78, 5) is 0. The van der Waals surface area contributed by atoms with Crippen LogP contribution in [0.4, 0.5) is 0 Å². The van der Waals surface area contributed by atoms with Crippen molar-refractivity contribution in [1.82, 2.24) is 0 Å². The first-order chi connectivity index (χ1) is 13.7. The molecule has 0 aromatic heterocycles. The normalized spacial score (nSPS) is 13.5. The lowest BCUT2D eigenvalue weighted by Gasteiger charge is -2.62. The fourth-order valence-corrected chi connectivity index (χ4v) is 47.4. The minimum absolute atomic E-state index is 0.459. The van der Waals surface area contributed by atoms with E-state index in [0.717, 1.165) is 11.5 Å². The van der Waals surface area contributed by atoms with E-state index in [4.69, 9.17) is 9.47 Å². The van der Waals surface area contributed by atoms with Crippen molar-refractivity contribution in [1.29, 1.82) is 0 Å². The van der Waals surface area contributed by atoms with E-state index in [9.17, 15) is 0 Å². The van der Waals surface area contributed by atoms with Gasteiger partial charge in [-0.2, -0.15) is 0 Å². The van der Waals surface area contributed by atoms with Crippen LogP contribution in [0.5, 0.6) is 11.5 Å². The average Bonchev–Trinajstić information content (AvgIpc) is 2.63. The maximum Gasteiger partial charge on any atom is 0.119 e. The summed E-state index contributed by atoms with van der Waals surface area (Å²) in [6, 6.07) is 18.1. The Kier molecular flexibility index (Phi) is 7.39. The van der Waals surface area contributed by atoms with E-state index in [1.165, 1.54) is 10.4 Å². The summed E-state index contributed by atoms with van der Waals surface area (Å²) in [6.45, 7) is 23.8. The molecule has 0 N–H and O–H groups in total. The van der Waals surface area contributed by atoms with E-state index in [0.29, 0.717) is 3.91 Å². The molecule has 0 aliphatic rings. The van der Waals surface area contributed by atoms with Crippen LogP contribution in [0, 0.1) is 0 Å². The summed E-state index contributed by atoms with van der Waals surface area (Å²) < 4.78 is 11.4. The van der Waals surface area contributed by atoms with E-state index in [1.54, 1.807) is 14.2 Å². The summed E-state index contributed by atoms with van der Waals surface area (Å²) in [5.41, 5.74) is 0. The molecule has 0 saturated heterocycles. The first-order valence-electron chi connectivity index (χ1n) is 10.9. The molecule has 165 valence electrons. The molecule has 2 aromatic carbocycles. The van der Waals surface area contributed by atoms with Crippen molar-refractivity contribution in [3.05, 3.63) is 48.5 Å². The average molecular weight is 474 g/mol. The standard InChI is InChI=1S/C24H41O2Si4/c1-25-20-12-16-22(17-13-20)27(23-18-14-21(26-2)15-19-23)24(28(3,4)5,29(6,7)8)30(9,10)11/h12-19H,1-11H3. The van der Waals surface area contributed by atoms with Crippen LogP contribution in [0.3, 0.4) is 0 Å². The SMILES string of the molecule is COc1ccc([Si](c2ccc(OC)cc2)C([Si](C)(C)C)([Si](C)(C)C)[Si](C)(C)C)cc1. The van der Waals surface area contributed by atoms with Gasteiger partial charge in [-0.1, -0.05) is 93.6 Å². The van der Waals surface area contributed by atoms with Crippen molar-refractivity contribution >= 4 is 43.4 Å². The molecule has 0 aliphatic carbocycles. The lowest BCUT2D eigenvalue weighted by atomic mass is 10.3. The predicted octanol–water partition coefficient (Wildman–Crippen LogP) is 5.69. The van der Waals surface area contributed by atoms with Gasteiger partial charge in [-0.05, 0) is 28.2 Å². The molecular formula is C24H41O2Si4. The van der Waals surface area contributed by atoms with Crippen LogP contribution in [0.2, 0.25) is 62.8 Å². The minimum Gasteiger partial charge on any atom is -0.497 e. The van der Waals surface area contributed by atoms with Gasteiger partial charge >= 0.3 is 0 Å². The van der Waals surface area contributed by atoms with Crippen LogP contribution in [-0.2, 0) is 0 Å². The number of methoxy groups -OCH3 is 2. The van der Waals surface area contributed by atoms with E-state index in [2.05, 4.69) is 107 Å². The van der Waals surface area contributed by atoms with Crippen molar-refractivity contribution in [3.8, 4) is 11.5 Å². The van der Waals surface area contributed by atoms with Crippen molar-refractivity contribution in [2.75, 3.05) is 14.2 Å². The van der Waals surface area contributed by atoms with Crippen LogP contribution in [0.1, 0.15) is 0 Å². The van der Waals surface area contributed by atoms with Crippen molar-refractivity contribution < 1.29 is 9.47 Å². The topological polar surface area (TPSA) is 18.5 Å². The molecule has 0 heterocycles. The molecule has 0 bridgehead atoms. The monoisotopic (exact) mass is 473 g/mol. The Labute approximate surface area is 189 Å². The molecule has 0 amide bonds. The van der Waals surface area contributed by atoms with Gasteiger partial charge in [-0.3, -0.25) is 0 Å². The van der Waals surface area contributed by atoms with Gasteiger partial charge in [0.05, 0.1) is 14.2 Å². The molecule has 6 heteroatoms. The number of hydrogen-bond acceptors (Lipinski definition) is 2. The molecule has 1 radical (unpaired) electrons. The number of ether oxygens (including phenoxy) is 2. The summed E-state index contributed by atoms with van der Waals surface area (Å²) in [5.74, 6) is 1.88. The van der Waals surface area contributed by atoms with Crippen LogP contribution in [-0.4, -0.2) is 47.2 Å². The smallest absolute Gasteiger partial charge is 0.119 e. The van der Waals surface area contributed by atoms with Crippen molar-refractivity contribution in [2.45, 2.75) is 62.8 Å².